The molecule has 0 fully saturated rings. The number of hydrogen-bond acceptors (Lipinski definition) is 2. The Kier molecular flexibility index (Phi) is 9.16. The van der Waals surface area contributed by atoms with Crippen molar-refractivity contribution in [3.05, 3.63) is 132 Å². The van der Waals surface area contributed by atoms with Crippen molar-refractivity contribution in [1.82, 2.24) is 9.97 Å². The average molecular weight is 555 g/mol. The van der Waals surface area contributed by atoms with Gasteiger partial charge in [0.1, 0.15) is 0 Å². The van der Waals surface area contributed by atoms with Gasteiger partial charge in [0.05, 0.1) is 5.52 Å². The molecule has 0 saturated heterocycles. The highest BCUT2D eigenvalue weighted by atomic mass is 14.7. The van der Waals surface area contributed by atoms with Gasteiger partial charge in [-0.3, -0.25) is 9.97 Å². The lowest BCUT2D eigenvalue weighted by molar-refractivity contribution is 0.570. The molecule has 2 heteroatoms. The second kappa shape index (κ2) is 12.4. The van der Waals surface area contributed by atoms with Crippen LogP contribution in [-0.4, -0.2) is 9.97 Å². The van der Waals surface area contributed by atoms with Crippen LogP contribution in [0.2, 0.25) is 0 Å². The van der Waals surface area contributed by atoms with Crippen LogP contribution in [0.25, 0.3) is 32.4 Å². The van der Waals surface area contributed by atoms with Crippen molar-refractivity contribution in [3.8, 4) is 0 Å². The molecule has 0 unspecified atom stereocenters. The van der Waals surface area contributed by atoms with Crippen LogP contribution in [0.5, 0.6) is 0 Å². The van der Waals surface area contributed by atoms with Gasteiger partial charge in [-0.25, -0.2) is 0 Å². The van der Waals surface area contributed by atoms with Gasteiger partial charge in [-0.05, 0) is 56.3 Å². The lowest BCUT2D eigenvalue weighted by Gasteiger charge is -2.19. The Hall–Kier alpha value is -4.04. The van der Waals surface area contributed by atoms with Crippen LogP contribution >= 0.6 is 0 Å². The molecule has 0 spiro atoms. The molecule has 0 atom stereocenters. The zero-order chi connectivity index (χ0) is 30.5. The SMILES string of the molecule is CC(C)(C)c1cc2ccccc2cn1.CC(C)(C)c1ccc2ccccc2c1.CC(C)(C)c1cnc2ccccc2c1. The smallest absolute Gasteiger partial charge is 0.0702 e. The van der Waals surface area contributed by atoms with Gasteiger partial charge in [0.15, 0.2) is 0 Å². The maximum Gasteiger partial charge on any atom is 0.0702 e. The third-order valence-corrected chi connectivity index (χ3v) is 7.47. The van der Waals surface area contributed by atoms with Crippen LogP contribution in [0.4, 0.5) is 0 Å². The molecule has 0 aliphatic rings. The molecular weight excluding hydrogens is 508 g/mol. The zero-order valence-electron chi connectivity index (χ0n) is 26.9. The van der Waals surface area contributed by atoms with Crippen molar-refractivity contribution in [1.29, 1.82) is 0 Å². The largest absolute Gasteiger partial charge is 0.260 e. The first-order chi connectivity index (χ1) is 19.7. The van der Waals surface area contributed by atoms with Gasteiger partial charge in [0.2, 0.25) is 0 Å². The van der Waals surface area contributed by atoms with E-state index in [0.29, 0.717) is 0 Å². The van der Waals surface area contributed by atoms with Gasteiger partial charge in [0, 0.05) is 34.3 Å². The summed E-state index contributed by atoms with van der Waals surface area (Å²) < 4.78 is 0. The van der Waals surface area contributed by atoms with Crippen molar-refractivity contribution < 1.29 is 0 Å². The van der Waals surface area contributed by atoms with E-state index >= 15 is 0 Å². The molecular formula is C40H46N2. The van der Waals surface area contributed by atoms with E-state index in [2.05, 4.69) is 157 Å². The molecule has 0 radical (unpaired) electrons. The van der Waals surface area contributed by atoms with E-state index < -0.39 is 0 Å². The lowest BCUT2D eigenvalue weighted by Crippen LogP contribution is -2.12. The predicted molar refractivity (Wildman–Crippen MR) is 184 cm³/mol. The topological polar surface area (TPSA) is 25.8 Å². The fraction of sp³-hybridized carbons (Fsp3) is 0.300. The fourth-order valence-corrected chi connectivity index (χ4v) is 4.63. The molecule has 6 aromatic rings. The first kappa shape index (κ1) is 30.9. The highest BCUT2D eigenvalue weighted by molar-refractivity contribution is 5.83. The van der Waals surface area contributed by atoms with Gasteiger partial charge in [-0.1, -0.05) is 147 Å². The standard InChI is InChI=1S/C14H16.2C13H15N/c1-14(2,3)13-9-8-11-6-4-5-7-12(11)10-13;1-13(2,3)11-8-10-6-4-5-7-12(10)14-9-11;1-13(2,3)12-8-10-6-4-5-7-11(10)9-14-12/h4-10H,1-3H3;2*4-9H,1-3H3. The molecule has 0 saturated carbocycles. The number of pyridine rings is 2. The Balaban J connectivity index is 0.000000145. The minimum absolute atomic E-state index is 0.129. The highest BCUT2D eigenvalue weighted by Crippen LogP contribution is 2.26. The molecule has 0 amide bonds. The quantitative estimate of drug-likeness (QED) is 0.187. The first-order valence-corrected chi connectivity index (χ1v) is 14.9. The summed E-state index contributed by atoms with van der Waals surface area (Å²) in [7, 11) is 0. The lowest BCUT2D eigenvalue weighted by atomic mass is 9.86. The van der Waals surface area contributed by atoms with Crippen molar-refractivity contribution in [3.63, 3.8) is 0 Å². The van der Waals surface area contributed by atoms with E-state index in [0.717, 1.165) is 11.2 Å². The van der Waals surface area contributed by atoms with Crippen molar-refractivity contribution in [2.45, 2.75) is 78.6 Å². The van der Waals surface area contributed by atoms with Crippen LogP contribution in [-0.2, 0) is 16.2 Å². The van der Waals surface area contributed by atoms with Crippen LogP contribution in [0.3, 0.4) is 0 Å². The molecule has 2 nitrogen and oxygen atoms in total. The van der Waals surface area contributed by atoms with E-state index in [-0.39, 0.29) is 16.2 Å². The Morgan fingerprint density at radius 1 is 0.381 bits per heavy atom. The summed E-state index contributed by atoms with van der Waals surface area (Å²) in [5.41, 5.74) is 5.45. The summed E-state index contributed by atoms with van der Waals surface area (Å²) in [5, 5.41) is 6.35. The summed E-state index contributed by atoms with van der Waals surface area (Å²) in [5.74, 6) is 0. The molecule has 0 N–H and O–H groups in total. The molecule has 2 heterocycles. The second-order valence-corrected chi connectivity index (χ2v) is 14.1. The van der Waals surface area contributed by atoms with Crippen LogP contribution in [0.15, 0.2) is 116 Å². The van der Waals surface area contributed by atoms with E-state index in [1.807, 2.05) is 30.6 Å². The van der Waals surface area contributed by atoms with Crippen LogP contribution < -0.4 is 0 Å². The summed E-state index contributed by atoms with van der Waals surface area (Å²) >= 11 is 0. The summed E-state index contributed by atoms with van der Waals surface area (Å²) in [4.78, 5) is 8.93. The van der Waals surface area contributed by atoms with Crippen molar-refractivity contribution >= 4 is 32.4 Å². The molecule has 216 valence electrons. The van der Waals surface area contributed by atoms with E-state index in [1.165, 1.54) is 38.1 Å². The number of hydrogen-bond donors (Lipinski definition) is 0. The van der Waals surface area contributed by atoms with Crippen LogP contribution in [0, 0.1) is 0 Å². The van der Waals surface area contributed by atoms with Gasteiger partial charge < -0.3 is 0 Å². The highest BCUT2D eigenvalue weighted by Gasteiger charge is 2.16. The fourth-order valence-electron chi connectivity index (χ4n) is 4.63. The zero-order valence-corrected chi connectivity index (χ0v) is 26.9. The maximum atomic E-state index is 4.48. The number of nitrogens with zero attached hydrogens (tertiary/aromatic N) is 2. The van der Waals surface area contributed by atoms with E-state index in [9.17, 15) is 0 Å². The predicted octanol–water partition coefficient (Wildman–Crippen LogP) is 11.2. The van der Waals surface area contributed by atoms with Crippen molar-refractivity contribution in [2.75, 3.05) is 0 Å². The molecule has 0 aliphatic heterocycles. The monoisotopic (exact) mass is 554 g/mol. The molecule has 0 aliphatic carbocycles. The molecule has 6 rings (SSSR count). The third kappa shape index (κ3) is 8.03. The minimum Gasteiger partial charge on any atom is -0.260 e. The average Bonchev–Trinajstić information content (AvgIpc) is 2.95. The maximum absolute atomic E-state index is 4.48. The Labute approximate surface area is 252 Å². The number of para-hydroxylation sites is 1. The number of fused-ring (bicyclic) bond motifs is 3. The Bertz CT molecular complexity index is 1560. The van der Waals surface area contributed by atoms with E-state index in [4.69, 9.17) is 0 Å². The normalized spacial score (nSPS) is 11.9. The number of benzene rings is 4. The Morgan fingerprint density at radius 3 is 1.48 bits per heavy atom. The first-order valence-electron chi connectivity index (χ1n) is 14.9. The van der Waals surface area contributed by atoms with Gasteiger partial charge >= 0.3 is 0 Å². The summed E-state index contributed by atoms with van der Waals surface area (Å²) in [6.45, 7) is 19.9. The molecule has 2 aromatic heterocycles. The van der Waals surface area contributed by atoms with Gasteiger partial charge in [0.25, 0.3) is 0 Å². The second-order valence-electron chi connectivity index (χ2n) is 14.1. The number of rotatable bonds is 0. The summed E-state index contributed by atoms with van der Waals surface area (Å²) in [6.07, 6.45) is 3.93. The number of aromatic nitrogens is 2. The third-order valence-electron chi connectivity index (χ3n) is 7.47. The summed E-state index contributed by atoms with van der Waals surface area (Å²) in [6, 6.07) is 36.2. The van der Waals surface area contributed by atoms with Gasteiger partial charge in [-0.2, -0.15) is 0 Å². The van der Waals surface area contributed by atoms with Crippen LogP contribution in [0.1, 0.15) is 79.1 Å². The van der Waals surface area contributed by atoms with Crippen molar-refractivity contribution in [2.24, 2.45) is 0 Å². The Morgan fingerprint density at radius 2 is 0.881 bits per heavy atom. The molecule has 0 bridgehead atoms. The van der Waals surface area contributed by atoms with E-state index in [1.54, 1.807) is 0 Å². The molecule has 4 aromatic carbocycles. The van der Waals surface area contributed by atoms with Gasteiger partial charge in [-0.15, -0.1) is 0 Å². The minimum atomic E-state index is 0.129. The molecule has 42 heavy (non-hydrogen) atoms.